The summed E-state index contributed by atoms with van der Waals surface area (Å²) in [5.41, 5.74) is 1.57. The van der Waals surface area contributed by atoms with Gasteiger partial charge in [0.05, 0.1) is 0 Å². The fourth-order valence-electron chi connectivity index (χ4n) is 3.22. The van der Waals surface area contributed by atoms with Crippen molar-refractivity contribution in [2.75, 3.05) is 0 Å². The van der Waals surface area contributed by atoms with E-state index in [0.717, 1.165) is 11.1 Å². The van der Waals surface area contributed by atoms with Crippen LogP contribution in [0.4, 0.5) is 0 Å². The smallest absolute Gasteiger partial charge is 0.318 e. The summed E-state index contributed by atoms with van der Waals surface area (Å²) >= 11 is 0. The third kappa shape index (κ3) is 2.69. The van der Waals surface area contributed by atoms with Crippen LogP contribution in [-0.4, -0.2) is 25.6 Å². The Bertz CT molecular complexity index is 1080. The molecule has 1 aliphatic heterocycles. The molecule has 0 radical (unpaired) electrons. The van der Waals surface area contributed by atoms with Gasteiger partial charge in [-0.25, -0.2) is 9.50 Å². The summed E-state index contributed by atoms with van der Waals surface area (Å²) in [5, 5.41) is 4.26. The lowest BCUT2D eigenvalue weighted by Gasteiger charge is -2.26. The van der Waals surface area contributed by atoms with Crippen LogP contribution in [0.5, 0.6) is 11.5 Å². The van der Waals surface area contributed by atoms with E-state index >= 15 is 0 Å². The average molecular weight is 358 g/mol. The fourth-order valence-corrected chi connectivity index (χ4v) is 3.22. The molecule has 7 nitrogen and oxygen atoms in total. The van der Waals surface area contributed by atoms with Gasteiger partial charge in [0.2, 0.25) is 0 Å². The first kappa shape index (κ1) is 15.5. The highest BCUT2D eigenvalue weighted by molar-refractivity contribution is 5.85. The molecule has 7 heteroatoms. The summed E-state index contributed by atoms with van der Waals surface area (Å²) in [5.74, 6) is 1.26. The molecule has 0 saturated carbocycles. The Hall–Kier alpha value is -3.74. The van der Waals surface area contributed by atoms with Crippen molar-refractivity contribution >= 4 is 11.7 Å². The van der Waals surface area contributed by atoms with Gasteiger partial charge in [0.25, 0.3) is 5.78 Å². The van der Waals surface area contributed by atoms with Gasteiger partial charge >= 0.3 is 5.97 Å². The van der Waals surface area contributed by atoms with Crippen LogP contribution in [0.25, 0.3) is 5.78 Å². The SMILES string of the molecule is O=C(OCc1nc2ncccn2n1)C1c2ccccc2Oc2ccccc21. The van der Waals surface area contributed by atoms with E-state index in [9.17, 15) is 4.79 Å². The molecule has 3 heterocycles. The number of hydrogen-bond donors (Lipinski definition) is 0. The van der Waals surface area contributed by atoms with Crippen LogP contribution in [0.3, 0.4) is 0 Å². The number of esters is 1. The summed E-state index contributed by atoms with van der Waals surface area (Å²) < 4.78 is 13.0. The Balaban J connectivity index is 1.44. The highest BCUT2D eigenvalue weighted by atomic mass is 16.5. The number of ether oxygens (including phenoxy) is 2. The lowest BCUT2D eigenvalue weighted by Crippen LogP contribution is -2.21. The minimum atomic E-state index is -0.554. The van der Waals surface area contributed by atoms with E-state index in [1.54, 1.807) is 23.0 Å². The number of carbonyl (C=O) groups is 1. The fraction of sp³-hybridized carbons (Fsp3) is 0.100. The number of hydrogen-bond acceptors (Lipinski definition) is 6. The average Bonchev–Trinajstić information content (AvgIpc) is 3.13. The van der Waals surface area contributed by atoms with E-state index in [1.807, 2.05) is 48.5 Å². The van der Waals surface area contributed by atoms with E-state index in [1.165, 1.54) is 0 Å². The number of fused-ring (bicyclic) bond motifs is 3. The molecule has 0 bridgehead atoms. The van der Waals surface area contributed by atoms with E-state index < -0.39 is 5.92 Å². The van der Waals surface area contributed by atoms with E-state index in [0.29, 0.717) is 23.1 Å². The molecule has 132 valence electrons. The number of nitrogens with zero attached hydrogens (tertiary/aromatic N) is 4. The van der Waals surface area contributed by atoms with Gasteiger partial charge in [-0.1, -0.05) is 36.4 Å². The monoisotopic (exact) mass is 358 g/mol. The molecular formula is C20H14N4O3. The van der Waals surface area contributed by atoms with E-state index in [2.05, 4.69) is 15.1 Å². The van der Waals surface area contributed by atoms with Crippen LogP contribution in [-0.2, 0) is 16.1 Å². The van der Waals surface area contributed by atoms with Crippen LogP contribution < -0.4 is 4.74 Å². The molecule has 2 aromatic carbocycles. The Morgan fingerprint density at radius 2 is 1.74 bits per heavy atom. The first-order valence-corrected chi connectivity index (χ1v) is 8.48. The Kier molecular flexibility index (Phi) is 3.57. The highest BCUT2D eigenvalue weighted by Gasteiger charge is 2.33. The zero-order valence-electron chi connectivity index (χ0n) is 14.1. The molecular weight excluding hydrogens is 344 g/mol. The van der Waals surface area contributed by atoms with Gasteiger partial charge in [0.1, 0.15) is 17.4 Å². The zero-order chi connectivity index (χ0) is 18.2. The zero-order valence-corrected chi connectivity index (χ0v) is 14.1. The lowest BCUT2D eigenvalue weighted by molar-refractivity contribution is -0.146. The van der Waals surface area contributed by atoms with Crippen molar-refractivity contribution in [2.45, 2.75) is 12.5 Å². The van der Waals surface area contributed by atoms with Gasteiger partial charge in [0.15, 0.2) is 12.4 Å². The molecule has 4 aromatic rings. The number of aromatic nitrogens is 4. The molecule has 0 amide bonds. The van der Waals surface area contributed by atoms with Gasteiger partial charge in [-0.2, -0.15) is 4.98 Å². The molecule has 27 heavy (non-hydrogen) atoms. The molecule has 2 aromatic heterocycles. The molecule has 0 saturated heterocycles. The molecule has 0 atom stereocenters. The predicted molar refractivity (Wildman–Crippen MR) is 95.4 cm³/mol. The largest absolute Gasteiger partial charge is 0.457 e. The molecule has 1 aliphatic rings. The van der Waals surface area contributed by atoms with Gasteiger partial charge < -0.3 is 9.47 Å². The van der Waals surface area contributed by atoms with Gasteiger partial charge in [-0.3, -0.25) is 4.79 Å². The number of rotatable bonds is 3. The number of benzene rings is 2. The van der Waals surface area contributed by atoms with Crippen molar-refractivity contribution < 1.29 is 14.3 Å². The van der Waals surface area contributed by atoms with Crippen LogP contribution in [0.15, 0.2) is 67.0 Å². The van der Waals surface area contributed by atoms with Crippen molar-refractivity contribution in [3.63, 3.8) is 0 Å². The quantitative estimate of drug-likeness (QED) is 0.524. The second kappa shape index (κ2) is 6.21. The van der Waals surface area contributed by atoms with E-state index in [-0.39, 0.29) is 12.6 Å². The van der Waals surface area contributed by atoms with Crippen LogP contribution >= 0.6 is 0 Å². The summed E-state index contributed by atoms with van der Waals surface area (Å²) in [7, 11) is 0. The maximum absolute atomic E-state index is 13.0. The molecule has 0 spiro atoms. The molecule has 0 fully saturated rings. The number of carbonyl (C=O) groups excluding carboxylic acids is 1. The summed E-state index contributed by atoms with van der Waals surface area (Å²) in [6, 6.07) is 16.7. The predicted octanol–water partition coefficient (Wildman–Crippen LogP) is 3.11. The summed E-state index contributed by atoms with van der Waals surface area (Å²) in [6.07, 6.45) is 3.38. The standard InChI is InChI=1S/C20H14N4O3/c25-19(26-12-17-22-20-21-10-5-11-24(20)23-17)18-13-6-1-3-8-15(13)27-16-9-4-2-7-14(16)18/h1-11,18H,12H2. The minimum Gasteiger partial charge on any atom is -0.457 e. The van der Waals surface area contributed by atoms with Crippen LogP contribution in [0, 0.1) is 0 Å². The Labute approximate surface area is 154 Å². The lowest BCUT2D eigenvalue weighted by atomic mass is 9.88. The second-order valence-electron chi connectivity index (χ2n) is 6.11. The Morgan fingerprint density at radius 3 is 2.44 bits per heavy atom. The van der Waals surface area contributed by atoms with Crippen molar-refractivity contribution in [3.8, 4) is 11.5 Å². The summed E-state index contributed by atoms with van der Waals surface area (Å²) in [6.45, 7) is -0.0239. The van der Waals surface area contributed by atoms with Gasteiger partial charge in [-0.15, -0.1) is 5.10 Å². The summed E-state index contributed by atoms with van der Waals surface area (Å²) in [4.78, 5) is 21.3. The molecule has 5 rings (SSSR count). The number of para-hydroxylation sites is 2. The first-order chi connectivity index (χ1) is 13.3. The van der Waals surface area contributed by atoms with E-state index in [4.69, 9.17) is 9.47 Å². The third-order valence-corrected chi connectivity index (χ3v) is 4.42. The molecule has 0 N–H and O–H groups in total. The van der Waals surface area contributed by atoms with Crippen LogP contribution in [0.1, 0.15) is 22.9 Å². The third-order valence-electron chi connectivity index (χ3n) is 4.42. The second-order valence-corrected chi connectivity index (χ2v) is 6.11. The molecule has 0 aliphatic carbocycles. The Morgan fingerprint density at radius 1 is 1.04 bits per heavy atom. The maximum atomic E-state index is 13.0. The first-order valence-electron chi connectivity index (χ1n) is 8.48. The van der Waals surface area contributed by atoms with Crippen molar-refractivity contribution in [3.05, 3.63) is 83.9 Å². The maximum Gasteiger partial charge on any atom is 0.318 e. The van der Waals surface area contributed by atoms with Gasteiger partial charge in [-0.05, 0) is 18.2 Å². The van der Waals surface area contributed by atoms with Crippen molar-refractivity contribution in [1.29, 1.82) is 0 Å². The normalized spacial score (nSPS) is 12.9. The minimum absolute atomic E-state index is 0.0239. The molecule has 0 unspecified atom stereocenters. The topological polar surface area (TPSA) is 78.6 Å². The van der Waals surface area contributed by atoms with Crippen LogP contribution in [0.2, 0.25) is 0 Å². The highest BCUT2D eigenvalue weighted by Crippen LogP contribution is 2.44. The van der Waals surface area contributed by atoms with Gasteiger partial charge in [0, 0.05) is 23.5 Å². The van der Waals surface area contributed by atoms with Crippen molar-refractivity contribution in [1.82, 2.24) is 19.6 Å². The van der Waals surface area contributed by atoms with Crippen molar-refractivity contribution in [2.24, 2.45) is 0 Å².